The quantitative estimate of drug-likeness (QED) is 0.459. The molecule has 6 heteroatoms. The van der Waals surface area contributed by atoms with Crippen LogP contribution in [0.4, 0.5) is 5.82 Å². The summed E-state index contributed by atoms with van der Waals surface area (Å²) in [5.74, 6) is 0.330. The molecule has 1 aromatic rings. The SMILES string of the molecule is O=c1cc(NC(CO)CO)nc[nH]1. The van der Waals surface area contributed by atoms with Crippen molar-refractivity contribution >= 4 is 5.82 Å². The van der Waals surface area contributed by atoms with Crippen molar-refractivity contribution in [1.82, 2.24) is 9.97 Å². The molecule has 0 radical (unpaired) electrons. The van der Waals surface area contributed by atoms with Crippen LogP contribution in [0, 0.1) is 0 Å². The third-order valence-corrected chi connectivity index (χ3v) is 1.47. The number of aliphatic hydroxyl groups is 2. The average Bonchev–Trinajstić information content (AvgIpc) is 2.14. The van der Waals surface area contributed by atoms with Gasteiger partial charge in [-0.3, -0.25) is 4.79 Å². The van der Waals surface area contributed by atoms with E-state index in [1.807, 2.05) is 0 Å². The lowest BCUT2D eigenvalue weighted by Crippen LogP contribution is -2.28. The Kier molecular flexibility index (Phi) is 3.41. The minimum absolute atomic E-state index is 0.217. The van der Waals surface area contributed by atoms with Crippen molar-refractivity contribution in [2.45, 2.75) is 6.04 Å². The molecular weight excluding hydrogens is 174 g/mol. The van der Waals surface area contributed by atoms with Gasteiger partial charge in [0.2, 0.25) is 0 Å². The van der Waals surface area contributed by atoms with Crippen LogP contribution in [0.1, 0.15) is 0 Å². The monoisotopic (exact) mass is 185 g/mol. The van der Waals surface area contributed by atoms with Gasteiger partial charge in [0, 0.05) is 6.07 Å². The van der Waals surface area contributed by atoms with Gasteiger partial charge in [0.1, 0.15) is 5.82 Å². The van der Waals surface area contributed by atoms with Crippen LogP contribution in [-0.2, 0) is 0 Å². The van der Waals surface area contributed by atoms with Gasteiger partial charge in [-0.2, -0.15) is 0 Å². The highest BCUT2D eigenvalue weighted by Gasteiger charge is 2.05. The first-order valence-electron chi connectivity index (χ1n) is 3.79. The second-order valence-electron chi connectivity index (χ2n) is 2.50. The van der Waals surface area contributed by atoms with Gasteiger partial charge in [0.05, 0.1) is 25.6 Å². The number of hydrogen-bond acceptors (Lipinski definition) is 5. The zero-order valence-electron chi connectivity index (χ0n) is 6.90. The molecule has 0 atom stereocenters. The summed E-state index contributed by atoms with van der Waals surface area (Å²) >= 11 is 0. The molecule has 0 aliphatic carbocycles. The van der Waals surface area contributed by atoms with Gasteiger partial charge >= 0.3 is 0 Å². The van der Waals surface area contributed by atoms with Gasteiger partial charge in [0.15, 0.2) is 0 Å². The van der Waals surface area contributed by atoms with Crippen molar-refractivity contribution in [2.24, 2.45) is 0 Å². The first-order valence-corrected chi connectivity index (χ1v) is 3.79. The van der Waals surface area contributed by atoms with Crippen LogP contribution in [0.3, 0.4) is 0 Å². The minimum Gasteiger partial charge on any atom is -0.394 e. The maximum atomic E-state index is 10.8. The van der Waals surface area contributed by atoms with E-state index < -0.39 is 6.04 Å². The lowest BCUT2D eigenvalue weighted by atomic mass is 10.3. The van der Waals surface area contributed by atoms with Crippen LogP contribution in [0.25, 0.3) is 0 Å². The molecule has 0 aliphatic heterocycles. The molecule has 0 bridgehead atoms. The number of aromatic nitrogens is 2. The van der Waals surface area contributed by atoms with E-state index in [0.29, 0.717) is 5.82 Å². The Hall–Kier alpha value is -1.40. The summed E-state index contributed by atoms with van der Waals surface area (Å²) in [5.41, 5.74) is -0.285. The molecule has 0 unspecified atom stereocenters. The standard InChI is InChI=1S/C7H11N3O3/c11-2-5(3-12)10-6-1-7(13)9-4-8-6/h1,4-5,11-12H,2-3H2,(H2,8,9,10,13). The summed E-state index contributed by atoms with van der Waals surface area (Å²) in [7, 11) is 0. The number of aromatic amines is 1. The van der Waals surface area contributed by atoms with Gasteiger partial charge in [-0.05, 0) is 0 Å². The summed E-state index contributed by atoms with van der Waals surface area (Å²) in [4.78, 5) is 16.9. The maximum Gasteiger partial charge on any atom is 0.252 e. The molecule has 0 saturated carbocycles. The fourth-order valence-corrected chi connectivity index (χ4v) is 0.806. The molecule has 72 valence electrons. The average molecular weight is 185 g/mol. The largest absolute Gasteiger partial charge is 0.394 e. The Balaban J connectivity index is 2.68. The molecule has 4 N–H and O–H groups in total. The molecule has 1 aromatic heterocycles. The fourth-order valence-electron chi connectivity index (χ4n) is 0.806. The van der Waals surface area contributed by atoms with Crippen LogP contribution in [-0.4, -0.2) is 39.4 Å². The van der Waals surface area contributed by atoms with Crippen molar-refractivity contribution in [3.63, 3.8) is 0 Å². The van der Waals surface area contributed by atoms with Crippen molar-refractivity contribution in [3.05, 3.63) is 22.7 Å². The van der Waals surface area contributed by atoms with E-state index in [1.54, 1.807) is 0 Å². The van der Waals surface area contributed by atoms with Crippen molar-refractivity contribution in [3.8, 4) is 0 Å². The van der Waals surface area contributed by atoms with Crippen LogP contribution in [0.15, 0.2) is 17.2 Å². The molecule has 0 amide bonds. The molecule has 0 saturated heterocycles. The highest BCUT2D eigenvalue weighted by atomic mass is 16.3. The lowest BCUT2D eigenvalue weighted by Gasteiger charge is -2.12. The Morgan fingerprint density at radius 3 is 2.77 bits per heavy atom. The summed E-state index contributed by atoms with van der Waals surface area (Å²) in [5, 5.41) is 20.1. The van der Waals surface area contributed by atoms with Gasteiger partial charge < -0.3 is 20.5 Å². The van der Waals surface area contributed by atoms with Crippen molar-refractivity contribution in [1.29, 1.82) is 0 Å². The third-order valence-electron chi connectivity index (χ3n) is 1.47. The molecule has 1 heterocycles. The van der Waals surface area contributed by atoms with Gasteiger partial charge in [-0.1, -0.05) is 0 Å². The van der Waals surface area contributed by atoms with Crippen LogP contribution >= 0.6 is 0 Å². The Morgan fingerprint density at radius 1 is 1.54 bits per heavy atom. The predicted octanol–water partition coefficient (Wildman–Crippen LogP) is -1.47. The molecule has 0 aliphatic rings. The molecule has 0 aromatic carbocycles. The zero-order chi connectivity index (χ0) is 9.68. The van der Waals surface area contributed by atoms with E-state index in [9.17, 15) is 4.79 Å². The number of anilines is 1. The second kappa shape index (κ2) is 4.58. The molecule has 13 heavy (non-hydrogen) atoms. The number of H-pyrrole nitrogens is 1. The summed E-state index contributed by atoms with van der Waals surface area (Å²) < 4.78 is 0. The van der Waals surface area contributed by atoms with E-state index in [1.165, 1.54) is 12.4 Å². The number of nitrogens with one attached hydrogen (secondary N) is 2. The topological polar surface area (TPSA) is 98.2 Å². The van der Waals surface area contributed by atoms with Crippen LogP contribution < -0.4 is 10.9 Å². The predicted molar refractivity (Wildman–Crippen MR) is 46.4 cm³/mol. The molecule has 0 spiro atoms. The minimum atomic E-state index is -0.491. The summed E-state index contributed by atoms with van der Waals surface area (Å²) in [6, 6.07) is 0.757. The maximum absolute atomic E-state index is 10.8. The summed E-state index contributed by atoms with van der Waals surface area (Å²) in [6.07, 6.45) is 1.25. The molecular formula is C7H11N3O3. The molecule has 1 rings (SSSR count). The van der Waals surface area contributed by atoms with E-state index in [0.717, 1.165) is 0 Å². The number of aliphatic hydroxyl groups excluding tert-OH is 2. The van der Waals surface area contributed by atoms with Gasteiger partial charge in [-0.25, -0.2) is 4.98 Å². The first kappa shape index (κ1) is 9.69. The van der Waals surface area contributed by atoms with E-state index in [2.05, 4.69) is 15.3 Å². The van der Waals surface area contributed by atoms with Crippen molar-refractivity contribution in [2.75, 3.05) is 18.5 Å². The number of hydrogen-bond donors (Lipinski definition) is 4. The van der Waals surface area contributed by atoms with E-state index >= 15 is 0 Å². The first-order chi connectivity index (χ1) is 6.26. The van der Waals surface area contributed by atoms with Crippen molar-refractivity contribution < 1.29 is 10.2 Å². The van der Waals surface area contributed by atoms with Crippen LogP contribution in [0.5, 0.6) is 0 Å². The normalized spacial score (nSPS) is 10.4. The number of nitrogens with zero attached hydrogens (tertiary/aromatic N) is 1. The number of rotatable bonds is 4. The smallest absolute Gasteiger partial charge is 0.252 e. The van der Waals surface area contributed by atoms with E-state index in [4.69, 9.17) is 10.2 Å². The highest BCUT2D eigenvalue weighted by Crippen LogP contribution is 1.97. The molecule has 0 fully saturated rings. The van der Waals surface area contributed by atoms with Crippen LogP contribution in [0.2, 0.25) is 0 Å². The highest BCUT2D eigenvalue weighted by molar-refractivity contribution is 5.32. The Morgan fingerprint density at radius 2 is 2.23 bits per heavy atom. The summed E-state index contributed by atoms with van der Waals surface area (Å²) in [6.45, 7) is -0.435. The second-order valence-corrected chi connectivity index (χ2v) is 2.50. The van der Waals surface area contributed by atoms with Gasteiger partial charge in [0.25, 0.3) is 5.56 Å². The van der Waals surface area contributed by atoms with Gasteiger partial charge in [-0.15, -0.1) is 0 Å². The molecule has 6 nitrogen and oxygen atoms in total. The fraction of sp³-hybridized carbons (Fsp3) is 0.429. The van der Waals surface area contributed by atoms with E-state index in [-0.39, 0.29) is 18.8 Å². The Labute approximate surface area is 74.3 Å². The Bertz CT molecular complexity index is 308. The zero-order valence-corrected chi connectivity index (χ0v) is 6.90. The third kappa shape index (κ3) is 2.85. The lowest BCUT2D eigenvalue weighted by molar-refractivity contribution is 0.203.